The Hall–Kier alpha value is -1.10. The number of likely N-dealkylation sites (N-methyl/N-ethyl adjacent to an activating group) is 1. The van der Waals surface area contributed by atoms with Gasteiger partial charge in [-0.25, -0.2) is 0 Å². The van der Waals surface area contributed by atoms with Crippen molar-refractivity contribution in [3.05, 3.63) is 0 Å². The molecule has 1 atom stereocenters. The van der Waals surface area contributed by atoms with Gasteiger partial charge in [0.25, 0.3) is 5.91 Å². The first-order valence-electron chi connectivity index (χ1n) is 7.28. The molecule has 0 aromatic carbocycles. The number of oxime groups is 1. The van der Waals surface area contributed by atoms with Crippen LogP contribution in [0.1, 0.15) is 33.1 Å². The van der Waals surface area contributed by atoms with Crippen molar-refractivity contribution in [2.24, 2.45) is 11.1 Å². The Morgan fingerprint density at radius 2 is 2.16 bits per heavy atom. The van der Waals surface area contributed by atoms with E-state index in [0.717, 1.165) is 18.8 Å². The summed E-state index contributed by atoms with van der Waals surface area (Å²) >= 11 is 0. The van der Waals surface area contributed by atoms with Crippen LogP contribution in [-0.2, 0) is 9.63 Å². The number of carbonyl (C=O) groups is 1. The second-order valence-corrected chi connectivity index (χ2v) is 5.84. The average molecular weight is 267 g/mol. The Balaban J connectivity index is 1.73. The molecule has 0 aliphatic carbocycles. The standard InChI is InChI=1S/C14H25N3O2/c1-11(2)12-10-13(19-15-12)14(18)16(3)8-9-17-6-4-5-7-17/h11,13H,4-10H2,1-3H3. The minimum Gasteiger partial charge on any atom is -0.382 e. The fourth-order valence-corrected chi connectivity index (χ4v) is 2.52. The molecule has 2 heterocycles. The van der Waals surface area contributed by atoms with E-state index in [1.54, 1.807) is 4.90 Å². The second-order valence-electron chi connectivity index (χ2n) is 5.84. The molecule has 5 nitrogen and oxygen atoms in total. The van der Waals surface area contributed by atoms with Crippen molar-refractivity contribution >= 4 is 11.6 Å². The number of nitrogens with zero attached hydrogens (tertiary/aromatic N) is 3. The lowest BCUT2D eigenvalue weighted by atomic mass is 10.0. The Labute approximate surface area is 115 Å². The van der Waals surface area contributed by atoms with Crippen LogP contribution in [0, 0.1) is 5.92 Å². The highest BCUT2D eigenvalue weighted by Crippen LogP contribution is 2.17. The summed E-state index contributed by atoms with van der Waals surface area (Å²) in [5.41, 5.74) is 0.992. The van der Waals surface area contributed by atoms with Crippen LogP contribution < -0.4 is 0 Å². The molecule has 0 aromatic rings. The van der Waals surface area contributed by atoms with E-state index in [-0.39, 0.29) is 5.91 Å². The van der Waals surface area contributed by atoms with Gasteiger partial charge in [-0.05, 0) is 31.8 Å². The SMILES string of the molecule is CC(C)C1=NOC(C(=O)N(C)CCN2CCCC2)C1. The maximum Gasteiger partial charge on any atom is 0.266 e. The Morgan fingerprint density at radius 1 is 1.47 bits per heavy atom. The lowest BCUT2D eigenvalue weighted by molar-refractivity contribution is -0.140. The van der Waals surface area contributed by atoms with Gasteiger partial charge in [0, 0.05) is 26.6 Å². The molecule has 0 saturated carbocycles. The number of rotatable bonds is 5. The van der Waals surface area contributed by atoms with Gasteiger partial charge in [0.2, 0.25) is 6.10 Å². The molecule has 1 amide bonds. The highest BCUT2D eigenvalue weighted by atomic mass is 16.6. The highest BCUT2D eigenvalue weighted by Gasteiger charge is 2.31. The predicted octanol–water partition coefficient (Wildman–Crippen LogP) is 1.34. The number of likely N-dealkylation sites (tertiary alicyclic amines) is 1. The van der Waals surface area contributed by atoms with Crippen molar-refractivity contribution in [2.75, 3.05) is 33.2 Å². The molecule has 1 unspecified atom stereocenters. The molecule has 0 N–H and O–H groups in total. The third kappa shape index (κ3) is 3.69. The zero-order valence-electron chi connectivity index (χ0n) is 12.3. The monoisotopic (exact) mass is 267 g/mol. The molecule has 1 fully saturated rings. The molecular weight excluding hydrogens is 242 g/mol. The lowest BCUT2D eigenvalue weighted by Crippen LogP contribution is -2.40. The molecule has 2 aliphatic heterocycles. The first kappa shape index (κ1) is 14.3. The lowest BCUT2D eigenvalue weighted by Gasteiger charge is -2.23. The smallest absolute Gasteiger partial charge is 0.266 e. The van der Waals surface area contributed by atoms with E-state index in [1.807, 2.05) is 7.05 Å². The summed E-state index contributed by atoms with van der Waals surface area (Å²) in [6.45, 7) is 8.23. The van der Waals surface area contributed by atoms with Gasteiger partial charge >= 0.3 is 0 Å². The van der Waals surface area contributed by atoms with Crippen LogP contribution in [-0.4, -0.2) is 60.7 Å². The van der Waals surface area contributed by atoms with Crippen LogP contribution in [0.2, 0.25) is 0 Å². The zero-order valence-corrected chi connectivity index (χ0v) is 12.3. The van der Waals surface area contributed by atoms with Gasteiger partial charge in [0.05, 0.1) is 5.71 Å². The third-order valence-electron chi connectivity index (χ3n) is 3.96. The molecule has 0 aromatic heterocycles. The zero-order chi connectivity index (χ0) is 13.8. The van der Waals surface area contributed by atoms with Crippen LogP contribution >= 0.6 is 0 Å². The molecule has 2 aliphatic rings. The van der Waals surface area contributed by atoms with Crippen molar-refractivity contribution in [3.63, 3.8) is 0 Å². The Morgan fingerprint density at radius 3 is 2.74 bits per heavy atom. The maximum atomic E-state index is 12.2. The number of carbonyl (C=O) groups excluding carboxylic acids is 1. The molecule has 0 spiro atoms. The number of amides is 1. The van der Waals surface area contributed by atoms with Gasteiger partial charge in [-0.3, -0.25) is 4.79 Å². The largest absolute Gasteiger partial charge is 0.382 e. The third-order valence-corrected chi connectivity index (χ3v) is 3.96. The summed E-state index contributed by atoms with van der Waals surface area (Å²) in [5.74, 6) is 0.409. The van der Waals surface area contributed by atoms with Crippen LogP contribution in [0.5, 0.6) is 0 Å². The normalized spacial score (nSPS) is 23.6. The molecule has 5 heteroatoms. The van der Waals surface area contributed by atoms with Gasteiger partial charge in [-0.2, -0.15) is 0 Å². The van der Waals surface area contributed by atoms with E-state index in [9.17, 15) is 4.79 Å². The van der Waals surface area contributed by atoms with E-state index < -0.39 is 6.10 Å². The number of hydrogen-bond donors (Lipinski definition) is 0. The van der Waals surface area contributed by atoms with E-state index >= 15 is 0 Å². The molecule has 0 bridgehead atoms. The van der Waals surface area contributed by atoms with Crippen molar-refractivity contribution in [3.8, 4) is 0 Å². The molecule has 108 valence electrons. The van der Waals surface area contributed by atoms with Crippen LogP contribution in [0.4, 0.5) is 0 Å². The Bertz CT molecular complexity index is 349. The number of hydrogen-bond acceptors (Lipinski definition) is 4. The average Bonchev–Trinajstić information content (AvgIpc) is 3.05. The van der Waals surface area contributed by atoms with E-state index in [4.69, 9.17) is 4.84 Å². The highest BCUT2D eigenvalue weighted by molar-refractivity contribution is 5.93. The van der Waals surface area contributed by atoms with Crippen LogP contribution in [0.25, 0.3) is 0 Å². The van der Waals surface area contributed by atoms with Crippen molar-refractivity contribution in [2.45, 2.75) is 39.2 Å². The molecule has 0 radical (unpaired) electrons. The minimum atomic E-state index is -0.402. The predicted molar refractivity (Wildman–Crippen MR) is 75.1 cm³/mol. The van der Waals surface area contributed by atoms with Gasteiger partial charge in [-0.15, -0.1) is 0 Å². The van der Waals surface area contributed by atoms with Crippen molar-refractivity contribution < 1.29 is 9.63 Å². The van der Waals surface area contributed by atoms with Crippen LogP contribution in [0.15, 0.2) is 5.16 Å². The first-order chi connectivity index (χ1) is 9.08. The first-order valence-corrected chi connectivity index (χ1v) is 7.28. The van der Waals surface area contributed by atoms with E-state index in [1.165, 1.54) is 25.9 Å². The molecule has 2 rings (SSSR count). The summed E-state index contributed by atoms with van der Waals surface area (Å²) < 4.78 is 0. The quantitative estimate of drug-likeness (QED) is 0.755. The van der Waals surface area contributed by atoms with Gasteiger partial charge in [-0.1, -0.05) is 19.0 Å². The van der Waals surface area contributed by atoms with Crippen molar-refractivity contribution in [1.29, 1.82) is 0 Å². The summed E-state index contributed by atoms with van der Waals surface area (Å²) in [6, 6.07) is 0. The maximum absolute atomic E-state index is 12.2. The summed E-state index contributed by atoms with van der Waals surface area (Å²) in [7, 11) is 1.86. The minimum absolute atomic E-state index is 0.0543. The topological polar surface area (TPSA) is 45.1 Å². The second kappa shape index (κ2) is 6.37. The summed E-state index contributed by atoms with van der Waals surface area (Å²) in [4.78, 5) is 21.7. The summed E-state index contributed by atoms with van der Waals surface area (Å²) in [5, 5.41) is 4.02. The van der Waals surface area contributed by atoms with Gasteiger partial charge in [0.1, 0.15) is 0 Å². The fourth-order valence-electron chi connectivity index (χ4n) is 2.52. The fraction of sp³-hybridized carbons (Fsp3) is 0.857. The Kier molecular flexibility index (Phi) is 4.80. The van der Waals surface area contributed by atoms with E-state index in [0.29, 0.717) is 12.3 Å². The molecule has 19 heavy (non-hydrogen) atoms. The molecule has 1 saturated heterocycles. The van der Waals surface area contributed by atoms with E-state index in [2.05, 4.69) is 23.9 Å². The summed E-state index contributed by atoms with van der Waals surface area (Å²) in [6.07, 6.45) is 2.81. The van der Waals surface area contributed by atoms with Gasteiger partial charge < -0.3 is 14.6 Å². The van der Waals surface area contributed by atoms with Gasteiger partial charge in [0.15, 0.2) is 0 Å². The van der Waals surface area contributed by atoms with Crippen LogP contribution in [0.3, 0.4) is 0 Å². The molecular formula is C14H25N3O2. The van der Waals surface area contributed by atoms with Crippen molar-refractivity contribution in [1.82, 2.24) is 9.80 Å².